The summed E-state index contributed by atoms with van der Waals surface area (Å²) in [4.78, 5) is 42.9. The van der Waals surface area contributed by atoms with Crippen LogP contribution in [0.3, 0.4) is 0 Å². The second-order valence-electron chi connectivity index (χ2n) is 8.93. The van der Waals surface area contributed by atoms with E-state index in [1.807, 2.05) is 67.6 Å². The number of benzene rings is 3. The Labute approximate surface area is 218 Å². The average molecular weight is 508 g/mol. The maximum Gasteiger partial charge on any atom is 0.338 e. The number of fused-ring (bicyclic) bond motifs is 1. The Morgan fingerprint density at radius 2 is 1.58 bits per heavy atom. The predicted molar refractivity (Wildman–Crippen MR) is 142 cm³/mol. The molecule has 1 amide bonds. The molecule has 0 unspecified atom stereocenters. The highest BCUT2D eigenvalue weighted by molar-refractivity contribution is 6.00. The van der Waals surface area contributed by atoms with Gasteiger partial charge in [-0.15, -0.1) is 4.57 Å². The summed E-state index contributed by atoms with van der Waals surface area (Å²) in [5, 5.41) is 2.99. The molecule has 0 bridgehead atoms. The summed E-state index contributed by atoms with van der Waals surface area (Å²) in [6.45, 7) is 3.38. The Kier molecular flexibility index (Phi) is 6.86. The van der Waals surface area contributed by atoms with Crippen molar-refractivity contribution in [2.75, 3.05) is 5.32 Å². The van der Waals surface area contributed by atoms with Crippen LogP contribution in [-0.2, 0) is 16.1 Å². The molecule has 0 spiro atoms. The van der Waals surface area contributed by atoms with Crippen LogP contribution in [0.2, 0.25) is 0 Å². The van der Waals surface area contributed by atoms with Gasteiger partial charge in [-0.2, -0.15) is 0 Å². The van der Waals surface area contributed by atoms with E-state index in [9.17, 15) is 14.4 Å². The number of esters is 1. The Morgan fingerprint density at radius 1 is 0.921 bits per heavy atom. The van der Waals surface area contributed by atoms with Gasteiger partial charge in [0.2, 0.25) is 5.91 Å². The van der Waals surface area contributed by atoms with Gasteiger partial charge in [-0.25, -0.2) is 9.78 Å². The van der Waals surface area contributed by atoms with E-state index in [-0.39, 0.29) is 18.1 Å². The molecule has 38 heavy (non-hydrogen) atoms. The highest BCUT2D eigenvalue weighted by Crippen LogP contribution is 2.27. The number of rotatable bonds is 7. The summed E-state index contributed by atoms with van der Waals surface area (Å²) in [6.07, 6.45) is 0. The molecule has 0 saturated heterocycles. The first-order valence-corrected chi connectivity index (χ1v) is 12.1. The minimum absolute atomic E-state index is 0.186. The number of hydrogen-bond acceptors (Lipinski definition) is 6. The molecule has 0 aliphatic rings. The van der Waals surface area contributed by atoms with Crippen molar-refractivity contribution in [2.24, 2.45) is 0 Å². The van der Waals surface area contributed by atoms with Crippen molar-refractivity contribution in [1.29, 1.82) is 0 Å². The van der Waals surface area contributed by atoms with Crippen LogP contribution in [0.1, 0.15) is 44.4 Å². The molecule has 8 heteroatoms. The van der Waals surface area contributed by atoms with Gasteiger partial charge < -0.3 is 14.6 Å². The smallest absolute Gasteiger partial charge is 0.338 e. The SMILES string of the molecule is Cc1cc2nc(COC(=O)c3ccc(C)c(NC(=O)C(c4ccccc4)c4ccccc4)c3)cc(=O)n2o1. The molecule has 2 heterocycles. The zero-order chi connectivity index (χ0) is 26.6. The predicted octanol–water partition coefficient (Wildman–Crippen LogP) is 5.03. The van der Waals surface area contributed by atoms with Gasteiger partial charge in [-0.3, -0.25) is 9.59 Å². The molecule has 5 aromatic rings. The normalized spacial score (nSPS) is 11.0. The molecule has 0 aliphatic carbocycles. The molecule has 5 rings (SSSR count). The Morgan fingerprint density at radius 3 is 2.24 bits per heavy atom. The second-order valence-corrected chi connectivity index (χ2v) is 8.93. The number of carbonyl (C=O) groups is 2. The van der Waals surface area contributed by atoms with Crippen molar-refractivity contribution in [3.8, 4) is 0 Å². The number of carbonyl (C=O) groups excluding carboxylic acids is 2. The fourth-order valence-corrected chi connectivity index (χ4v) is 4.25. The van der Waals surface area contributed by atoms with Gasteiger partial charge >= 0.3 is 5.97 Å². The molecule has 0 saturated carbocycles. The van der Waals surface area contributed by atoms with Crippen LogP contribution in [0.15, 0.2) is 100 Å². The van der Waals surface area contributed by atoms with Crippen LogP contribution < -0.4 is 10.9 Å². The molecule has 3 aromatic carbocycles. The number of nitrogens with one attached hydrogen (secondary N) is 1. The summed E-state index contributed by atoms with van der Waals surface area (Å²) in [5.74, 6) is -0.809. The molecular weight excluding hydrogens is 482 g/mol. The Balaban J connectivity index is 1.34. The van der Waals surface area contributed by atoms with E-state index in [0.29, 0.717) is 22.8 Å². The Bertz CT molecular complexity index is 1630. The number of anilines is 1. The third kappa shape index (κ3) is 5.24. The molecule has 0 fully saturated rings. The highest BCUT2D eigenvalue weighted by Gasteiger charge is 2.23. The number of ether oxygens (including phenoxy) is 1. The van der Waals surface area contributed by atoms with Crippen LogP contribution in [0.25, 0.3) is 5.65 Å². The van der Waals surface area contributed by atoms with Crippen LogP contribution in [0.4, 0.5) is 5.69 Å². The van der Waals surface area contributed by atoms with E-state index in [4.69, 9.17) is 9.26 Å². The molecule has 8 nitrogen and oxygen atoms in total. The minimum atomic E-state index is -0.603. The summed E-state index contributed by atoms with van der Waals surface area (Å²) >= 11 is 0. The van der Waals surface area contributed by atoms with Gasteiger partial charge in [0, 0.05) is 17.8 Å². The molecule has 0 aliphatic heterocycles. The lowest BCUT2D eigenvalue weighted by Crippen LogP contribution is -2.23. The molecular formula is C30H25N3O5. The number of amides is 1. The molecule has 190 valence electrons. The first-order valence-electron chi connectivity index (χ1n) is 12.1. The van der Waals surface area contributed by atoms with E-state index in [1.165, 1.54) is 6.07 Å². The summed E-state index contributed by atoms with van der Waals surface area (Å²) < 4.78 is 11.8. The van der Waals surface area contributed by atoms with Crippen molar-refractivity contribution >= 4 is 23.2 Å². The fourth-order valence-electron chi connectivity index (χ4n) is 4.25. The van der Waals surface area contributed by atoms with Gasteiger partial charge in [-0.05, 0) is 42.7 Å². The third-order valence-electron chi connectivity index (χ3n) is 6.13. The van der Waals surface area contributed by atoms with Gasteiger partial charge in [0.25, 0.3) is 5.56 Å². The molecule has 0 atom stereocenters. The van der Waals surface area contributed by atoms with Crippen LogP contribution in [-0.4, -0.2) is 21.4 Å². The van der Waals surface area contributed by atoms with Gasteiger partial charge in [0.15, 0.2) is 5.65 Å². The summed E-state index contributed by atoms with van der Waals surface area (Å²) in [5.41, 5.74) is 3.53. The first-order chi connectivity index (χ1) is 18.4. The van der Waals surface area contributed by atoms with E-state index in [1.54, 1.807) is 31.2 Å². The van der Waals surface area contributed by atoms with Gasteiger partial charge in [-0.1, -0.05) is 66.7 Å². The Hall–Kier alpha value is -4.98. The first kappa shape index (κ1) is 24.7. The van der Waals surface area contributed by atoms with Crippen LogP contribution in [0.5, 0.6) is 0 Å². The maximum atomic E-state index is 13.5. The molecule has 1 N–H and O–H groups in total. The lowest BCUT2D eigenvalue weighted by molar-refractivity contribution is -0.116. The zero-order valence-corrected chi connectivity index (χ0v) is 20.9. The summed E-state index contributed by atoms with van der Waals surface area (Å²) in [7, 11) is 0. The third-order valence-corrected chi connectivity index (χ3v) is 6.13. The van der Waals surface area contributed by atoms with Crippen LogP contribution >= 0.6 is 0 Å². The fraction of sp³-hybridized carbons (Fsp3) is 0.133. The van der Waals surface area contributed by atoms with E-state index < -0.39 is 17.4 Å². The monoisotopic (exact) mass is 507 g/mol. The summed E-state index contributed by atoms with van der Waals surface area (Å²) in [6, 6.07) is 26.9. The van der Waals surface area contributed by atoms with Crippen molar-refractivity contribution in [3.63, 3.8) is 0 Å². The van der Waals surface area contributed by atoms with Gasteiger partial charge in [0.1, 0.15) is 12.4 Å². The molecule has 2 aromatic heterocycles. The number of aryl methyl sites for hydroxylation is 2. The lowest BCUT2D eigenvalue weighted by atomic mass is 9.90. The number of nitrogens with zero attached hydrogens (tertiary/aromatic N) is 2. The molecule has 0 radical (unpaired) electrons. The quantitative estimate of drug-likeness (QED) is 0.310. The lowest BCUT2D eigenvalue weighted by Gasteiger charge is -2.19. The van der Waals surface area contributed by atoms with E-state index >= 15 is 0 Å². The number of hydrogen-bond donors (Lipinski definition) is 1. The van der Waals surface area contributed by atoms with E-state index in [2.05, 4.69) is 10.3 Å². The van der Waals surface area contributed by atoms with E-state index in [0.717, 1.165) is 21.3 Å². The maximum absolute atomic E-state index is 13.5. The largest absolute Gasteiger partial charge is 0.456 e. The standard InChI is InChI=1S/C30H25N3O5/c1-19-13-14-23(30(36)37-18-24-17-27(34)33-26(31-24)15-20(2)38-33)16-25(19)32-29(35)28(21-9-5-3-6-10-21)22-11-7-4-8-12-22/h3-17,28H,18H2,1-2H3,(H,32,35). The average Bonchev–Trinajstić information content (AvgIpc) is 3.31. The highest BCUT2D eigenvalue weighted by atomic mass is 16.5. The minimum Gasteiger partial charge on any atom is -0.456 e. The van der Waals surface area contributed by atoms with Crippen molar-refractivity contribution < 1.29 is 18.8 Å². The van der Waals surface area contributed by atoms with Gasteiger partial charge in [0.05, 0.1) is 17.2 Å². The van der Waals surface area contributed by atoms with Crippen molar-refractivity contribution in [3.05, 3.63) is 135 Å². The number of aromatic nitrogens is 2. The topological polar surface area (TPSA) is 103 Å². The van der Waals surface area contributed by atoms with Crippen LogP contribution in [0, 0.1) is 13.8 Å². The van der Waals surface area contributed by atoms with Crippen molar-refractivity contribution in [1.82, 2.24) is 9.56 Å². The second kappa shape index (κ2) is 10.6. The van der Waals surface area contributed by atoms with Crippen molar-refractivity contribution in [2.45, 2.75) is 26.4 Å². The zero-order valence-electron chi connectivity index (χ0n) is 20.9.